The van der Waals surface area contributed by atoms with E-state index in [0.29, 0.717) is 29.3 Å². The van der Waals surface area contributed by atoms with Crippen molar-refractivity contribution in [2.75, 3.05) is 38.5 Å². The number of primary amides is 1. The first-order valence-corrected chi connectivity index (χ1v) is 36.4. The number of aliphatic carboxylic acids is 4. The number of ether oxygens (including phenoxy) is 1. The van der Waals surface area contributed by atoms with Crippen LogP contribution in [-0.4, -0.2) is 248 Å². The minimum Gasteiger partial charge on any atom is -0.481 e. The fourth-order valence-corrected chi connectivity index (χ4v) is 11.6. The maximum Gasteiger partial charge on any atom is 0.329 e. The summed E-state index contributed by atoms with van der Waals surface area (Å²) in [6.45, 7) is -1.00. The zero-order chi connectivity index (χ0) is 84.9. The van der Waals surface area contributed by atoms with Crippen molar-refractivity contribution in [1.82, 2.24) is 74.1 Å². The fourth-order valence-electron chi connectivity index (χ4n) is 11.6. The standard InChI is InChI=1S/C71H99N17O26/c1-4-5-6-7-8-9-10-21-52(92)80-43(24-37-30-75-41-19-14-12-16-38(37)41)65(107)83-44(26-51(74)91)66(108)85-47(29-59(102)103)67(109)88-61-36(3)114-71(113)48(25-50(90)39-17-11-13-18-40(39)73)86-70(112)60(35(2)23-56(96)97)87-68(110)49(34-89)82-55(95)32-76-62(104)45(27-57(98)99)81-54(94)31-77-63(105)46(28-58(100)101)84-64(106)42(20-15-22-72)79-53(93)33-78-69(61)111/h11-14,16-19,30,35-36,42-49,60-61,75,89H,4-10,15,20-29,31-34,72-73H2,1-3H3,(H2,74,91)(H,76,104)(H,77,105)(H,78,111)(H,79,93)(H,80,92)(H,81,94)(H,82,95)(H,83,107)(H,84,106)(H,85,108)(H,86,112)(H,87,110)(H,88,109)(H,96,97)(H,98,99)(H,100,101)(H,102,103)/t35-,36-,42+,43+,44-,45+,46+,47+,48+,49-,60+,61+/m1/s1. The highest BCUT2D eigenvalue weighted by Crippen LogP contribution is 2.21. The number of Topliss-reactive ketones (excluding diaryl/α,β-unsaturated/α-hetero) is 1. The maximum atomic E-state index is 14.8. The summed E-state index contributed by atoms with van der Waals surface area (Å²) in [5.41, 5.74) is 18.1. The number of unbranched alkanes of at least 4 members (excludes halogenated alkanes) is 6. The third kappa shape index (κ3) is 32.3. The van der Waals surface area contributed by atoms with E-state index in [1.807, 2.05) is 21.3 Å². The quantitative estimate of drug-likeness (QED) is 0.0113. The van der Waals surface area contributed by atoms with E-state index in [1.165, 1.54) is 24.3 Å². The Balaban J connectivity index is 1.86. The van der Waals surface area contributed by atoms with Gasteiger partial charge in [-0.2, -0.15) is 0 Å². The largest absolute Gasteiger partial charge is 0.481 e. The van der Waals surface area contributed by atoms with Gasteiger partial charge in [-0.25, -0.2) is 4.79 Å². The van der Waals surface area contributed by atoms with Gasteiger partial charge in [0.05, 0.1) is 58.3 Å². The lowest BCUT2D eigenvalue weighted by atomic mass is 9.96. The van der Waals surface area contributed by atoms with Gasteiger partial charge in [0.25, 0.3) is 0 Å². The lowest BCUT2D eigenvalue weighted by molar-refractivity contribution is -0.156. The molecule has 12 atom stereocenters. The minimum atomic E-state index is -2.45. The van der Waals surface area contributed by atoms with Crippen molar-refractivity contribution in [3.8, 4) is 0 Å². The van der Waals surface area contributed by atoms with Crippen LogP contribution in [0.2, 0.25) is 0 Å². The van der Waals surface area contributed by atoms with E-state index in [-0.39, 0.29) is 43.5 Å². The molecule has 14 amide bonds. The number of aromatic nitrogens is 1. The van der Waals surface area contributed by atoms with Crippen LogP contribution in [0.3, 0.4) is 0 Å². The number of para-hydroxylation sites is 2. The third-order valence-electron chi connectivity index (χ3n) is 17.6. The number of carboxylic acids is 4. The van der Waals surface area contributed by atoms with Gasteiger partial charge in [0, 0.05) is 47.6 Å². The number of aromatic amines is 1. The molecule has 1 saturated heterocycles. The van der Waals surface area contributed by atoms with E-state index in [0.717, 1.165) is 46.0 Å². The highest BCUT2D eigenvalue weighted by atomic mass is 16.5. The van der Waals surface area contributed by atoms with Crippen LogP contribution in [0.1, 0.15) is 139 Å². The molecule has 43 nitrogen and oxygen atoms in total. The second-order valence-electron chi connectivity index (χ2n) is 26.8. The number of nitrogen functional groups attached to an aromatic ring is 1. The van der Waals surface area contributed by atoms with Gasteiger partial charge in [0.2, 0.25) is 82.7 Å². The Labute approximate surface area is 651 Å². The first-order chi connectivity index (χ1) is 53.9. The van der Waals surface area contributed by atoms with Crippen molar-refractivity contribution in [1.29, 1.82) is 0 Å². The number of ketones is 1. The first kappa shape index (κ1) is 93.7. The number of aliphatic hydroxyl groups excluding tert-OH is 1. The topological polar surface area (TPSA) is 702 Å². The first-order valence-electron chi connectivity index (χ1n) is 36.4. The van der Waals surface area contributed by atoms with Gasteiger partial charge < -0.3 is 122 Å². The second-order valence-corrected chi connectivity index (χ2v) is 26.8. The number of nitrogens with two attached hydrogens (primary N) is 3. The molecule has 2 heterocycles. The highest BCUT2D eigenvalue weighted by molar-refractivity contribution is 6.05. The number of aliphatic hydroxyl groups is 1. The van der Waals surface area contributed by atoms with Gasteiger partial charge >= 0.3 is 29.8 Å². The summed E-state index contributed by atoms with van der Waals surface area (Å²) < 4.78 is 5.67. The van der Waals surface area contributed by atoms with Crippen molar-refractivity contribution in [2.24, 2.45) is 17.4 Å². The Morgan fingerprint density at radius 1 is 0.544 bits per heavy atom. The number of H-pyrrole nitrogens is 1. The summed E-state index contributed by atoms with van der Waals surface area (Å²) in [7, 11) is 0. The predicted octanol–water partition coefficient (Wildman–Crippen LogP) is -6.01. The van der Waals surface area contributed by atoms with Gasteiger partial charge in [-0.1, -0.05) is 82.7 Å². The van der Waals surface area contributed by atoms with E-state index in [4.69, 9.17) is 21.9 Å². The Morgan fingerprint density at radius 2 is 1.06 bits per heavy atom. The number of carbonyl (C=O) groups excluding carboxylic acids is 16. The molecule has 0 unspecified atom stereocenters. The Hall–Kier alpha value is -12.7. The van der Waals surface area contributed by atoms with Crippen molar-refractivity contribution in [2.45, 2.75) is 196 Å². The van der Waals surface area contributed by atoms with Crippen molar-refractivity contribution >= 4 is 135 Å². The molecule has 0 spiro atoms. The molecule has 2 aromatic carbocycles. The maximum absolute atomic E-state index is 14.8. The zero-order valence-electron chi connectivity index (χ0n) is 62.7. The third-order valence-corrected chi connectivity index (χ3v) is 17.6. The number of carbonyl (C=O) groups is 20. The molecule has 0 aliphatic carbocycles. The van der Waals surface area contributed by atoms with Crippen molar-refractivity contribution < 1.29 is 126 Å². The number of amides is 14. The number of fused-ring (bicyclic) bond motifs is 1. The van der Waals surface area contributed by atoms with E-state index < -0.39 is 256 Å². The molecule has 3 aromatic rings. The number of carboxylic acid groups (broad SMARTS) is 4. The van der Waals surface area contributed by atoms with Gasteiger partial charge in [-0.15, -0.1) is 0 Å². The summed E-state index contributed by atoms with van der Waals surface area (Å²) >= 11 is 0. The van der Waals surface area contributed by atoms with Gasteiger partial charge in [-0.05, 0) is 62.4 Å². The number of hydrogen-bond donors (Lipinski definition) is 22. The monoisotopic (exact) mass is 1610 g/mol. The molecule has 0 saturated carbocycles. The number of cyclic esters (lactones) is 1. The normalized spacial score (nSPS) is 20.6. The number of hydrogen-bond acceptors (Lipinski definition) is 24. The Morgan fingerprint density at radius 3 is 1.63 bits per heavy atom. The molecule has 4 rings (SSSR count). The van der Waals surface area contributed by atoms with E-state index in [1.54, 1.807) is 30.5 Å². The van der Waals surface area contributed by atoms with Crippen LogP contribution in [0.15, 0.2) is 54.7 Å². The second kappa shape index (κ2) is 47.5. The summed E-state index contributed by atoms with van der Waals surface area (Å²) in [5, 5.41) is 78.3. The number of esters is 1. The molecule has 114 heavy (non-hydrogen) atoms. The molecular weight excluding hydrogens is 1510 g/mol. The van der Waals surface area contributed by atoms with Gasteiger partial charge in [0.1, 0.15) is 66.5 Å². The van der Waals surface area contributed by atoms with Gasteiger partial charge in [-0.3, -0.25) is 91.1 Å². The summed E-state index contributed by atoms with van der Waals surface area (Å²) in [5.74, 6) is -29.7. The zero-order valence-corrected chi connectivity index (χ0v) is 62.7. The van der Waals surface area contributed by atoms with Crippen molar-refractivity contribution in [3.05, 3.63) is 65.9 Å². The number of nitrogens with one attached hydrogen (secondary N) is 14. The van der Waals surface area contributed by atoms with E-state index >= 15 is 0 Å². The van der Waals surface area contributed by atoms with Crippen LogP contribution in [-0.2, 0) is 102 Å². The van der Waals surface area contributed by atoms with Gasteiger partial charge in [0.15, 0.2) is 5.78 Å². The van der Waals surface area contributed by atoms with E-state index in [2.05, 4.69) is 59.8 Å². The van der Waals surface area contributed by atoms with Crippen LogP contribution in [0, 0.1) is 5.92 Å². The molecular formula is C71H99N17O26. The van der Waals surface area contributed by atoms with Crippen LogP contribution in [0.5, 0.6) is 0 Å². The molecule has 43 heteroatoms. The number of anilines is 1. The number of rotatable bonds is 35. The summed E-state index contributed by atoms with van der Waals surface area (Å²) in [6.07, 6.45) is -2.30. The smallest absolute Gasteiger partial charge is 0.329 e. The Bertz CT molecular complexity index is 4000. The average molecular weight is 1610 g/mol. The molecule has 1 aliphatic heterocycles. The highest BCUT2D eigenvalue weighted by Gasteiger charge is 2.41. The van der Waals surface area contributed by atoms with Crippen LogP contribution in [0.4, 0.5) is 5.69 Å². The van der Waals surface area contributed by atoms with Crippen LogP contribution >= 0.6 is 0 Å². The fraction of sp³-hybridized carbons (Fsp3) is 0.521. The van der Waals surface area contributed by atoms with E-state index in [9.17, 15) is 121 Å². The SMILES string of the molecule is CCCCCCCCCC(=O)N[C@@H](Cc1c[nH]c2ccccc12)C(=O)N[C@H](CC(N)=O)C(=O)N[C@@H](CC(=O)O)C(=O)N[C@@H]1C(=O)NCC(=O)N[C@@H](CCCN)C(=O)N[C@@H](CC(=O)O)C(=O)NCC(=O)N[C@@H](CC(=O)O)C(=O)NCC(=O)N[C@H](CO)C(=O)N[C@@H]([C@H](C)CC(=O)O)C(=O)N[C@@H](CC(=O)c2ccccc2N)C(=O)O[C@@H]1C. The van der Waals surface area contributed by atoms with Crippen molar-refractivity contribution in [3.63, 3.8) is 0 Å². The predicted molar refractivity (Wildman–Crippen MR) is 396 cm³/mol. The molecule has 0 bridgehead atoms. The molecule has 1 aliphatic rings. The lowest BCUT2D eigenvalue weighted by Crippen LogP contribution is -2.62. The summed E-state index contributed by atoms with van der Waals surface area (Å²) in [4.78, 5) is 275. The minimum absolute atomic E-state index is 0.0181. The molecule has 624 valence electrons. The molecule has 25 N–H and O–H groups in total. The summed E-state index contributed by atoms with van der Waals surface area (Å²) in [6, 6.07) is -8.70. The molecule has 1 fully saturated rings. The molecule has 0 radical (unpaired) electrons. The average Bonchev–Trinajstić information content (AvgIpc) is 1.66. The number of benzene rings is 2. The molecule has 1 aromatic heterocycles. The Kier molecular flexibility index (Phi) is 39.0. The van der Waals surface area contributed by atoms with Crippen LogP contribution in [0.25, 0.3) is 10.9 Å². The lowest BCUT2D eigenvalue weighted by Gasteiger charge is -2.30. The van der Waals surface area contributed by atoms with Crippen LogP contribution < -0.4 is 86.3 Å².